The largest absolute Gasteiger partial charge is 0.469 e. The molecule has 2 aromatic rings. The highest BCUT2D eigenvalue weighted by molar-refractivity contribution is 5.86. The van der Waals surface area contributed by atoms with E-state index in [2.05, 4.69) is 5.32 Å². The fraction of sp³-hybridized carbons (Fsp3) is 0.429. The van der Waals surface area contributed by atoms with Gasteiger partial charge in [-0.25, -0.2) is 4.99 Å². The molecule has 0 radical (unpaired) electrons. The first-order valence-corrected chi connectivity index (χ1v) is 9.47. The Labute approximate surface area is 161 Å². The van der Waals surface area contributed by atoms with Gasteiger partial charge in [0.05, 0.1) is 19.4 Å². The van der Waals surface area contributed by atoms with E-state index >= 15 is 0 Å². The van der Waals surface area contributed by atoms with Crippen LogP contribution in [-0.4, -0.2) is 54.9 Å². The summed E-state index contributed by atoms with van der Waals surface area (Å²) >= 11 is 0. The van der Waals surface area contributed by atoms with Crippen molar-refractivity contribution in [1.29, 1.82) is 0 Å². The molecule has 0 spiro atoms. The lowest BCUT2D eigenvalue weighted by molar-refractivity contribution is -0.131. The number of furan rings is 1. The third kappa shape index (κ3) is 6.81. The minimum Gasteiger partial charge on any atom is -0.469 e. The fourth-order valence-corrected chi connectivity index (χ4v) is 2.77. The number of carbonyl (C=O) groups excluding carboxylic acids is 1. The highest BCUT2D eigenvalue weighted by Gasteiger charge is 2.15. The zero-order valence-electron chi connectivity index (χ0n) is 16.5. The number of aliphatic imine (C=N–C) groups is 1. The molecule has 6 heteroatoms. The van der Waals surface area contributed by atoms with Crippen molar-refractivity contribution in [3.8, 4) is 0 Å². The number of nitrogens with zero attached hydrogens (tertiary/aromatic N) is 3. The maximum atomic E-state index is 12.4. The Hall–Kier alpha value is -2.76. The molecule has 0 unspecified atom stereocenters. The van der Waals surface area contributed by atoms with Crippen molar-refractivity contribution in [1.82, 2.24) is 15.1 Å². The van der Waals surface area contributed by atoms with Crippen LogP contribution >= 0.6 is 0 Å². The molecule has 27 heavy (non-hydrogen) atoms. The van der Waals surface area contributed by atoms with Crippen molar-refractivity contribution in [2.24, 2.45) is 4.99 Å². The van der Waals surface area contributed by atoms with Gasteiger partial charge in [0.15, 0.2) is 5.96 Å². The number of nitrogens with one attached hydrogen (secondary N) is 1. The number of hydrogen-bond donors (Lipinski definition) is 1. The second kappa shape index (κ2) is 11.1. The van der Waals surface area contributed by atoms with Crippen LogP contribution in [0.5, 0.6) is 0 Å². The normalized spacial score (nSPS) is 11.3. The SMILES string of the molecule is CCN(CC)C(=O)CN(C)C(=NCc1ccccc1)NCCc1ccco1. The van der Waals surface area contributed by atoms with Crippen LogP contribution in [0.15, 0.2) is 58.1 Å². The Balaban J connectivity index is 2.01. The molecular weight excluding hydrogens is 340 g/mol. The van der Waals surface area contributed by atoms with Crippen molar-refractivity contribution in [3.63, 3.8) is 0 Å². The second-order valence-corrected chi connectivity index (χ2v) is 6.30. The van der Waals surface area contributed by atoms with E-state index in [4.69, 9.17) is 9.41 Å². The predicted molar refractivity (Wildman–Crippen MR) is 109 cm³/mol. The van der Waals surface area contributed by atoms with Crippen molar-refractivity contribution < 1.29 is 9.21 Å². The summed E-state index contributed by atoms with van der Waals surface area (Å²) in [6.45, 7) is 6.96. The molecule has 1 amide bonds. The molecule has 0 saturated heterocycles. The summed E-state index contributed by atoms with van der Waals surface area (Å²) in [5.41, 5.74) is 1.13. The van der Waals surface area contributed by atoms with Crippen LogP contribution in [0.25, 0.3) is 0 Å². The topological polar surface area (TPSA) is 61.1 Å². The van der Waals surface area contributed by atoms with Gasteiger partial charge in [0.1, 0.15) is 5.76 Å². The third-order valence-corrected chi connectivity index (χ3v) is 4.34. The number of carbonyl (C=O) groups is 1. The number of benzene rings is 1. The van der Waals surface area contributed by atoms with Gasteiger partial charge in [0, 0.05) is 33.1 Å². The maximum absolute atomic E-state index is 12.4. The summed E-state index contributed by atoms with van der Waals surface area (Å²) in [6.07, 6.45) is 2.43. The van der Waals surface area contributed by atoms with E-state index in [1.165, 1.54) is 0 Å². The lowest BCUT2D eigenvalue weighted by atomic mass is 10.2. The van der Waals surface area contributed by atoms with E-state index in [-0.39, 0.29) is 5.91 Å². The molecule has 2 rings (SSSR count). The van der Waals surface area contributed by atoms with Crippen molar-refractivity contribution in [2.75, 3.05) is 33.2 Å². The second-order valence-electron chi connectivity index (χ2n) is 6.30. The third-order valence-electron chi connectivity index (χ3n) is 4.34. The number of likely N-dealkylation sites (N-methyl/N-ethyl adjacent to an activating group) is 2. The predicted octanol–water partition coefficient (Wildman–Crippen LogP) is 2.77. The molecule has 6 nitrogen and oxygen atoms in total. The van der Waals surface area contributed by atoms with Gasteiger partial charge in [0.25, 0.3) is 0 Å². The Kier molecular flexibility index (Phi) is 8.42. The molecule has 0 aliphatic rings. The summed E-state index contributed by atoms with van der Waals surface area (Å²) in [6, 6.07) is 13.9. The molecule has 1 aromatic heterocycles. The minimum atomic E-state index is 0.0998. The first-order valence-electron chi connectivity index (χ1n) is 9.47. The molecule has 0 saturated carbocycles. The lowest BCUT2D eigenvalue weighted by Crippen LogP contribution is -2.46. The highest BCUT2D eigenvalue weighted by Crippen LogP contribution is 2.03. The number of amides is 1. The minimum absolute atomic E-state index is 0.0998. The summed E-state index contributed by atoms with van der Waals surface area (Å²) in [7, 11) is 1.89. The van der Waals surface area contributed by atoms with Gasteiger partial charge in [0.2, 0.25) is 5.91 Å². The van der Waals surface area contributed by atoms with Crippen molar-refractivity contribution in [3.05, 3.63) is 60.1 Å². The summed E-state index contributed by atoms with van der Waals surface area (Å²) in [4.78, 5) is 20.9. The van der Waals surface area contributed by atoms with E-state index in [0.717, 1.165) is 17.7 Å². The van der Waals surface area contributed by atoms with Crippen LogP contribution in [0.4, 0.5) is 0 Å². The maximum Gasteiger partial charge on any atom is 0.242 e. The van der Waals surface area contributed by atoms with Gasteiger partial charge in [-0.3, -0.25) is 4.79 Å². The molecule has 1 N–H and O–H groups in total. The quantitative estimate of drug-likeness (QED) is 0.545. The molecule has 0 atom stereocenters. The van der Waals surface area contributed by atoms with Crippen molar-refractivity contribution in [2.45, 2.75) is 26.8 Å². The Bertz CT molecular complexity index is 694. The summed E-state index contributed by atoms with van der Waals surface area (Å²) in [5.74, 6) is 1.74. The van der Waals surface area contributed by atoms with Crippen LogP contribution in [-0.2, 0) is 17.8 Å². The first-order chi connectivity index (χ1) is 13.1. The molecule has 0 aliphatic heterocycles. The standard InChI is InChI=1S/C21H30N4O2/c1-4-25(5-2)20(26)17-24(3)21(22-14-13-19-12-9-15-27-19)23-16-18-10-7-6-8-11-18/h6-12,15H,4-5,13-14,16-17H2,1-3H3,(H,22,23). The van der Waals surface area contributed by atoms with Crippen LogP contribution in [0, 0.1) is 0 Å². The molecule has 0 fully saturated rings. The average Bonchev–Trinajstić information content (AvgIpc) is 3.19. The first kappa shape index (κ1) is 20.6. The van der Waals surface area contributed by atoms with Gasteiger partial charge in [-0.05, 0) is 31.5 Å². The van der Waals surface area contributed by atoms with Gasteiger partial charge >= 0.3 is 0 Å². The zero-order valence-corrected chi connectivity index (χ0v) is 16.5. The smallest absolute Gasteiger partial charge is 0.242 e. The molecule has 1 aromatic carbocycles. The lowest BCUT2D eigenvalue weighted by Gasteiger charge is -2.26. The summed E-state index contributed by atoms with van der Waals surface area (Å²) < 4.78 is 5.38. The number of hydrogen-bond acceptors (Lipinski definition) is 3. The van der Waals surface area contributed by atoms with Gasteiger partial charge < -0.3 is 19.5 Å². The van der Waals surface area contributed by atoms with Crippen LogP contribution in [0.2, 0.25) is 0 Å². The van der Waals surface area contributed by atoms with Crippen LogP contribution < -0.4 is 5.32 Å². The monoisotopic (exact) mass is 370 g/mol. The Morgan fingerprint density at radius 1 is 1.11 bits per heavy atom. The molecular formula is C21H30N4O2. The molecule has 0 aliphatic carbocycles. The van der Waals surface area contributed by atoms with E-state index in [0.29, 0.717) is 38.7 Å². The molecule has 146 valence electrons. The van der Waals surface area contributed by atoms with E-state index < -0.39 is 0 Å². The molecule has 1 heterocycles. The van der Waals surface area contributed by atoms with Crippen LogP contribution in [0.1, 0.15) is 25.2 Å². The van der Waals surface area contributed by atoms with Gasteiger partial charge in [-0.15, -0.1) is 0 Å². The Morgan fingerprint density at radius 3 is 2.48 bits per heavy atom. The number of guanidine groups is 1. The molecule has 0 bridgehead atoms. The van der Waals surface area contributed by atoms with Gasteiger partial charge in [-0.2, -0.15) is 0 Å². The van der Waals surface area contributed by atoms with E-state index in [1.54, 1.807) is 6.26 Å². The number of rotatable bonds is 9. The fourth-order valence-electron chi connectivity index (χ4n) is 2.77. The summed E-state index contributed by atoms with van der Waals surface area (Å²) in [5, 5.41) is 3.35. The van der Waals surface area contributed by atoms with Crippen molar-refractivity contribution >= 4 is 11.9 Å². The van der Waals surface area contributed by atoms with Gasteiger partial charge in [-0.1, -0.05) is 30.3 Å². The average molecular weight is 370 g/mol. The van der Waals surface area contributed by atoms with E-state index in [1.807, 2.05) is 73.2 Å². The van der Waals surface area contributed by atoms with Crippen LogP contribution in [0.3, 0.4) is 0 Å². The zero-order chi connectivity index (χ0) is 19.5. The highest BCUT2D eigenvalue weighted by atomic mass is 16.3. The Morgan fingerprint density at radius 2 is 1.85 bits per heavy atom. The van der Waals surface area contributed by atoms with E-state index in [9.17, 15) is 4.79 Å².